The summed E-state index contributed by atoms with van der Waals surface area (Å²) in [7, 11) is 0. The normalized spacial score (nSPS) is 16.8. The highest BCUT2D eigenvalue weighted by molar-refractivity contribution is 7.16. The molecular formula is C26H26Cl2N2O2S. The maximum atomic E-state index is 13.3. The van der Waals surface area contributed by atoms with Gasteiger partial charge in [-0.3, -0.25) is 4.79 Å². The standard InChI is InChI=1S/C26H26Cl2N2O2S/c27-20-11-6-10-18(24(20)28)21-14-13-17(32-21)15-29-26-23(19-9-4-5-12-22(19)33-26)25(31)30-16-7-2-1-3-8-16/h6,10-11,13-16H,1-5,7-9,12H2,(H,30,31)/b29-15-. The lowest BCUT2D eigenvalue weighted by atomic mass is 9.93. The quantitative estimate of drug-likeness (QED) is 0.360. The topological polar surface area (TPSA) is 54.6 Å². The lowest BCUT2D eigenvalue weighted by Crippen LogP contribution is -2.36. The maximum absolute atomic E-state index is 13.3. The van der Waals surface area contributed by atoms with Gasteiger partial charge in [-0.25, -0.2) is 4.99 Å². The minimum absolute atomic E-state index is 0.0271. The van der Waals surface area contributed by atoms with E-state index in [2.05, 4.69) is 5.32 Å². The average Bonchev–Trinajstić information content (AvgIpc) is 3.44. The number of hydrogen-bond acceptors (Lipinski definition) is 4. The van der Waals surface area contributed by atoms with Crippen LogP contribution in [0.5, 0.6) is 0 Å². The minimum Gasteiger partial charge on any atom is -0.455 e. The molecule has 0 bridgehead atoms. The van der Waals surface area contributed by atoms with Crippen LogP contribution >= 0.6 is 34.5 Å². The molecule has 1 aromatic carbocycles. The van der Waals surface area contributed by atoms with Gasteiger partial charge < -0.3 is 9.73 Å². The number of halogens is 2. The van der Waals surface area contributed by atoms with E-state index in [0.29, 0.717) is 21.6 Å². The van der Waals surface area contributed by atoms with Crippen LogP contribution in [-0.2, 0) is 12.8 Å². The molecule has 2 aromatic heterocycles. The summed E-state index contributed by atoms with van der Waals surface area (Å²) in [5.74, 6) is 1.26. The molecule has 1 N–H and O–H groups in total. The fraction of sp³-hybridized carbons (Fsp3) is 0.385. The van der Waals surface area contributed by atoms with Gasteiger partial charge in [0.1, 0.15) is 16.5 Å². The van der Waals surface area contributed by atoms with Crippen molar-refractivity contribution in [2.24, 2.45) is 4.99 Å². The average molecular weight is 501 g/mol. The van der Waals surface area contributed by atoms with Gasteiger partial charge in [0, 0.05) is 16.5 Å². The van der Waals surface area contributed by atoms with Crippen LogP contribution in [0.2, 0.25) is 10.0 Å². The highest BCUT2D eigenvalue weighted by Gasteiger charge is 2.27. The molecule has 4 nitrogen and oxygen atoms in total. The first-order chi connectivity index (χ1) is 16.1. The van der Waals surface area contributed by atoms with Gasteiger partial charge in [0.2, 0.25) is 0 Å². The summed E-state index contributed by atoms with van der Waals surface area (Å²) < 4.78 is 5.96. The molecule has 2 heterocycles. The third kappa shape index (κ3) is 4.91. The molecule has 0 radical (unpaired) electrons. The third-order valence-electron chi connectivity index (χ3n) is 6.47. The number of rotatable bonds is 5. The van der Waals surface area contributed by atoms with Crippen molar-refractivity contribution in [3.05, 3.63) is 62.1 Å². The van der Waals surface area contributed by atoms with Gasteiger partial charge in [-0.05, 0) is 68.4 Å². The Bertz CT molecular complexity index is 1190. The van der Waals surface area contributed by atoms with Crippen LogP contribution in [0, 0.1) is 0 Å². The number of carbonyl (C=O) groups excluding carboxylic acids is 1. The molecule has 7 heteroatoms. The molecule has 1 amide bonds. The predicted molar refractivity (Wildman–Crippen MR) is 137 cm³/mol. The molecule has 3 aromatic rings. The molecule has 0 unspecified atom stereocenters. The molecule has 1 fully saturated rings. The van der Waals surface area contributed by atoms with Crippen LogP contribution in [0.3, 0.4) is 0 Å². The number of carbonyl (C=O) groups is 1. The first-order valence-electron chi connectivity index (χ1n) is 11.6. The summed E-state index contributed by atoms with van der Waals surface area (Å²) in [6, 6.07) is 9.44. The summed E-state index contributed by atoms with van der Waals surface area (Å²) in [4.78, 5) is 19.3. The molecule has 2 aliphatic carbocycles. The first kappa shape index (κ1) is 22.7. The first-order valence-corrected chi connectivity index (χ1v) is 13.2. The highest BCUT2D eigenvalue weighted by atomic mass is 35.5. The van der Waals surface area contributed by atoms with Crippen LogP contribution < -0.4 is 5.32 Å². The summed E-state index contributed by atoms with van der Waals surface area (Å²) in [6.45, 7) is 0. The number of aliphatic imine (C=N–C) groups is 1. The van der Waals surface area contributed by atoms with Crippen molar-refractivity contribution in [3.8, 4) is 11.3 Å². The van der Waals surface area contributed by atoms with Crippen molar-refractivity contribution in [3.63, 3.8) is 0 Å². The Labute approximate surface area is 208 Å². The van der Waals surface area contributed by atoms with Crippen molar-refractivity contribution in [2.45, 2.75) is 63.8 Å². The number of nitrogens with one attached hydrogen (secondary N) is 1. The van der Waals surface area contributed by atoms with Crippen molar-refractivity contribution in [1.29, 1.82) is 0 Å². The number of thiophene rings is 1. The Morgan fingerprint density at radius 1 is 1.06 bits per heavy atom. The zero-order valence-corrected chi connectivity index (χ0v) is 20.7. The van der Waals surface area contributed by atoms with Crippen LogP contribution in [0.15, 0.2) is 39.7 Å². The highest BCUT2D eigenvalue weighted by Crippen LogP contribution is 2.40. The van der Waals surface area contributed by atoms with Gasteiger partial charge in [0.25, 0.3) is 5.91 Å². The van der Waals surface area contributed by atoms with Gasteiger partial charge in [0.05, 0.1) is 21.8 Å². The summed E-state index contributed by atoms with van der Waals surface area (Å²) in [5, 5.41) is 5.01. The van der Waals surface area contributed by atoms with Crippen molar-refractivity contribution in [2.75, 3.05) is 0 Å². The van der Waals surface area contributed by atoms with Gasteiger partial charge in [-0.2, -0.15) is 0 Å². The van der Waals surface area contributed by atoms with E-state index in [-0.39, 0.29) is 11.9 Å². The SMILES string of the molecule is O=C(NC1CCCCC1)c1c(/N=C\c2ccc(-c3cccc(Cl)c3Cl)o2)sc2c1CCCC2. The van der Waals surface area contributed by atoms with E-state index < -0.39 is 0 Å². The monoisotopic (exact) mass is 500 g/mol. The predicted octanol–water partition coefficient (Wildman–Crippen LogP) is 8.01. The molecule has 1 saturated carbocycles. The Balaban J connectivity index is 1.41. The number of furan rings is 1. The fourth-order valence-electron chi connectivity index (χ4n) is 4.76. The van der Waals surface area contributed by atoms with E-state index in [1.54, 1.807) is 23.6 Å². The maximum Gasteiger partial charge on any atom is 0.254 e. The summed E-state index contributed by atoms with van der Waals surface area (Å²) in [5.41, 5.74) is 2.70. The van der Waals surface area contributed by atoms with E-state index in [4.69, 9.17) is 32.6 Å². The van der Waals surface area contributed by atoms with Gasteiger partial charge in [-0.15, -0.1) is 11.3 Å². The molecule has 0 atom stereocenters. The Morgan fingerprint density at radius 3 is 2.73 bits per heavy atom. The van der Waals surface area contributed by atoms with Crippen molar-refractivity contribution in [1.82, 2.24) is 5.32 Å². The number of amides is 1. The van der Waals surface area contributed by atoms with Gasteiger partial charge in [-0.1, -0.05) is 48.5 Å². The molecule has 172 valence electrons. The van der Waals surface area contributed by atoms with Crippen LogP contribution in [-0.4, -0.2) is 18.2 Å². The molecule has 5 rings (SSSR count). The molecule has 2 aliphatic rings. The largest absolute Gasteiger partial charge is 0.455 e. The van der Waals surface area contributed by atoms with Crippen molar-refractivity contribution < 1.29 is 9.21 Å². The number of fused-ring (bicyclic) bond motifs is 1. The van der Waals surface area contributed by atoms with Crippen LogP contribution in [0.25, 0.3) is 11.3 Å². The fourth-order valence-corrected chi connectivity index (χ4v) is 6.39. The summed E-state index contributed by atoms with van der Waals surface area (Å²) >= 11 is 14.1. The van der Waals surface area contributed by atoms with Gasteiger partial charge >= 0.3 is 0 Å². The van der Waals surface area contributed by atoms with Crippen molar-refractivity contribution >= 4 is 51.7 Å². The second-order valence-electron chi connectivity index (χ2n) is 8.76. The second-order valence-corrected chi connectivity index (χ2v) is 10.6. The second kappa shape index (κ2) is 10.0. The van der Waals surface area contributed by atoms with E-state index in [1.807, 2.05) is 24.3 Å². The number of nitrogens with zero attached hydrogens (tertiary/aromatic N) is 1. The Morgan fingerprint density at radius 2 is 1.88 bits per heavy atom. The van der Waals surface area contributed by atoms with E-state index in [0.717, 1.165) is 48.2 Å². The Kier molecular flexibility index (Phi) is 6.91. The van der Waals surface area contributed by atoms with E-state index in [9.17, 15) is 4.79 Å². The zero-order chi connectivity index (χ0) is 22.8. The van der Waals surface area contributed by atoms with E-state index in [1.165, 1.54) is 36.1 Å². The third-order valence-corrected chi connectivity index (χ3v) is 8.49. The van der Waals surface area contributed by atoms with Crippen LogP contribution in [0.1, 0.15) is 71.5 Å². The van der Waals surface area contributed by atoms with E-state index >= 15 is 0 Å². The lowest BCUT2D eigenvalue weighted by molar-refractivity contribution is 0.0927. The number of benzene rings is 1. The number of hydrogen-bond donors (Lipinski definition) is 1. The molecule has 0 aliphatic heterocycles. The minimum atomic E-state index is 0.0271. The zero-order valence-electron chi connectivity index (χ0n) is 18.3. The molecule has 33 heavy (non-hydrogen) atoms. The number of aryl methyl sites for hydroxylation is 1. The summed E-state index contributed by atoms with van der Waals surface area (Å²) in [6.07, 6.45) is 11.7. The smallest absolute Gasteiger partial charge is 0.254 e. The molecule has 0 saturated heterocycles. The molecule has 0 spiro atoms. The van der Waals surface area contributed by atoms with Gasteiger partial charge in [0.15, 0.2) is 0 Å². The molecular weight excluding hydrogens is 475 g/mol. The lowest BCUT2D eigenvalue weighted by Gasteiger charge is -2.23. The Hall–Kier alpha value is -2.08. The van der Waals surface area contributed by atoms with Crippen LogP contribution in [0.4, 0.5) is 5.00 Å².